The number of nitrogens with zero attached hydrogens (tertiary/aromatic N) is 1. The molecule has 0 saturated carbocycles. The van der Waals surface area contributed by atoms with E-state index in [0.717, 1.165) is 5.71 Å². The largest absolute Gasteiger partial charge is 0.323 e. The van der Waals surface area contributed by atoms with Crippen molar-refractivity contribution in [2.45, 2.75) is 20.8 Å². The lowest BCUT2D eigenvalue weighted by Gasteiger charge is -1.87. The van der Waals surface area contributed by atoms with E-state index in [1.54, 1.807) is 0 Å². The van der Waals surface area contributed by atoms with Crippen molar-refractivity contribution in [1.82, 2.24) is 0 Å². The smallest absolute Gasteiger partial charge is 0.0569 e. The van der Waals surface area contributed by atoms with Crippen LogP contribution in [0, 0.1) is 0 Å². The van der Waals surface area contributed by atoms with Crippen LogP contribution in [0.3, 0.4) is 0 Å². The average molecular weight is 112 g/mol. The Hall–Kier alpha value is -0.790. The minimum absolute atomic E-state index is 0.866. The summed E-state index contributed by atoms with van der Waals surface area (Å²) in [4.78, 5) is 0. The maximum absolute atomic E-state index is 4.96. The highest BCUT2D eigenvalue weighted by Crippen LogP contribution is 1.88. The van der Waals surface area contributed by atoms with Crippen molar-refractivity contribution < 1.29 is 0 Å². The first-order valence-corrected chi connectivity index (χ1v) is 2.56. The van der Waals surface area contributed by atoms with Gasteiger partial charge in [0, 0.05) is 0 Å². The van der Waals surface area contributed by atoms with Gasteiger partial charge in [-0.1, -0.05) is 5.57 Å². The van der Waals surface area contributed by atoms with Crippen molar-refractivity contribution in [3.8, 4) is 0 Å². The molecule has 8 heavy (non-hydrogen) atoms. The lowest BCUT2D eigenvalue weighted by Crippen LogP contribution is -1.91. The SMILES string of the molecule is CC(C)=C/C(C)=N/N. The zero-order chi connectivity index (χ0) is 6.57. The summed E-state index contributed by atoms with van der Waals surface area (Å²) >= 11 is 0. The van der Waals surface area contributed by atoms with Crippen molar-refractivity contribution in [3.63, 3.8) is 0 Å². The molecule has 2 heteroatoms. The highest BCUT2D eigenvalue weighted by molar-refractivity contribution is 5.92. The maximum Gasteiger partial charge on any atom is 0.0569 e. The molecular formula is C6H12N2. The van der Waals surface area contributed by atoms with E-state index in [4.69, 9.17) is 5.84 Å². The third kappa shape index (κ3) is 3.40. The minimum Gasteiger partial charge on any atom is -0.323 e. The van der Waals surface area contributed by atoms with Gasteiger partial charge < -0.3 is 5.84 Å². The van der Waals surface area contributed by atoms with Gasteiger partial charge in [0.1, 0.15) is 0 Å². The number of hydrazone groups is 1. The van der Waals surface area contributed by atoms with Gasteiger partial charge in [-0.15, -0.1) is 0 Å². The first-order valence-electron chi connectivity index (χ1n) is 2.56. The van der Waals surface area contributed by atoms with Crippen LogP contribution in [-0.4, -0.2) is 5.71 Å². The fourth-order valence-electron chi connectivity index (χ4n) is 0.455. The van der Waals surface area contributed by atoms with E-state index in [1.807, 2.05) is 26.8 Å². The van der Waals surface area contributed by atoms with Gasteiger partial charge >= 0.3 is 0 Å². The van der Waals surface area contributed by atoms with Crippen LogP contribution in [0.1, 0.15) is 20.8 Å². The molecule has 0 radical (unpaired) electrons. The first-order chi connectivity index (χ1) is 3.66. The van der Waals surface area contributed by atoms with Crippen molar-refractivity contribution >= 4 is 5.71 Å². The molecule has 0 saturated heterocycles. The number of hydrogen-bond acceptors (Lipinski definition) is 2. The van der Waals surface area contributed by atoms with Crippen LogP contribution in [-0.2, 0) is 0 Å². The van der Waals surface area contributed by atoms with Crippen LogP contribution in [0.4, 0.5) is 0 Å². The molecule has 0 heterocycles. The molecule has 0 unspecified atom stereocenters. The predicted molar refractivity (Wildman–Crippen MR) is 36.7 cm³/mol. The summed E-state index contributed by atoms with van der Waals surface area (Å²) in [7, 11) is 0. The molecule has 0 aliphatic heterocycles. The second kappa shape index (κ2) is 3.24. The Balaban J connectivity index is 3.89. The van der Waals surface area contributed by atoms with Crippen LogP contribution in [0.2, 0.25) is 0 Å². The number of allylic oxidation sites excluding steroid dienone is 2. The molecule has 46 valence electrons. The molecule has 0 fully saturated rings. The highest BCUT2D eigenvalue weighted by Gasteiger charge is 1.79. The van der Waals surface area contributed by atoms with Gasteiger partial charge in [-0.05, 0) is 26.8 Å². The Bertz CT molecular complexity index is 118. The van der Waals surface area contributed by atoms with E-state index in [0.29, 0.717) is 0 Å². The molecule has 0 amide bonds. The minimum atomic E-state index is 0.866. The van der Waals surface area contributed by atoms with Crippen LogP contribution >= 0.6 is 0 Å². The van der Waals surface area contributed by atoms with Crippen LogP contribution in [0.15, 0.2) is 16.8 Å². The van der Waals surface area contributed by atoms with Crippen LogP contribution < -0.4 is 5.84 Å². The first kappa shape index (κ1) is 7.21. The second-order valence-electron chi connectivity index (χ2n) is 1.99. The molecule has 2 N–H and O–H groups in total. The Kier molecular flexibility index (Phi) is 2.92. The summed E-state index contributed by atoms with van der Waals surface area (Å²) in [5.74, 6) is 4.96. The molecule has 2 nitrogen and oxygen atoms in total. The zero-order valence-electron chi connectivity index (χ0n) is 5.60. The number of rotatable bonds is 1. The summed E-state index contributed by atoms with van der Waals surface area (Å²) in [6.07, 6.45) is 1.93. The standard InChI is InChI=1S/C6H12N2/c1-5(2)4-6(3)8-7/h4H,7H2,1-3H3/b8-6+. The van der Waals surface area contributed by atoms with Gasteiger partial charge in [0.25, 0.3) is 0 Å². The van der Waals surface area contributed by atoms with E-state index in [9.17, 15) is 0 Å². The maximum atomic E-state index is 4.96. The molecule has 0 atom stereocenters. The molecule has 0 spiro atoms. The van der Waals surface area contributed by atoms with Gasteiger partial charge in [0.2, 0.25) is 0 Å². The number of nitrogens with two attached hydrogens (primary N) is 1. The van der Waals surface area contributed by atoms with E-state index in [2.05, 4.69) is 5.10 Å². The fraction of sp³-hybridized carbons (Fsp3) is 0.500. The van der Waals surface area contributed by atoms with E-state index in [-0.39, 0.29) is 0 Å². The van der Waals surface area contributed by atoms with E-state index >= 15 is 0 Å². The molecule has 0 aliphatic carbocycles. The van der Waals surface area contributed by atoms with Crippen molar-refractivity contribution in [3.05, 3.63) is 11.6 Å². The normalized spacial score (nSPS) is 11.1. The number of hydrogen-bond donors (Lipinski definition) is 1. The molecule has 0 aromatic carbocycles. The van der Waals surface area contributed by atoms with Gasteiger partial charge in [-0.3, -0.25) is 0 Å². The van der Waals surface area contributed by atoms with Crippen LogP contribution in [0.25, 0.3) is 0 Å². The quantitative estimate of drug-likeness (QED) is 0.310. The monoisotopic (exact) mass is 112 g/mol. The third-order valence-corrected chi connectivity index (χ3v) is 0.701. The lowest BCUT2D eigenvalue weighted by atomic mass is 10.3. The summed E-state index contributed by atoms with van der Waals surface area (Å²) in [6.45, 7) is 5.89. The van der Waals surface area contributed by atoms with Gasteiger partial charge in [-0.2, -0.15) is 5.10 Å². The van der Waals surface area contributed by atoms with Crippen molar-refractivity contribution in [2.24, 2.45) is 10.9 Å². The molecule has 0 rings (SSSR count). The summed E-state index contributed by atoms with van der Waals surface area (Å²) < 4.78 is 0. The molecule has 0 aliphatic rings. The van der Waals surface area contributed by atoms with Gasteiger partial charge in [-0.25, -0.2) is 0 Å². The Morgan fingerprint density at radius 2 is 1.88 bits per heavy atom. The lowest BCUT2D eigenvalue weighted by molar-refractivity contribution is 1.24. The van der Waals surface area contributed by atoms with E-state index in [1.165, 1.54) is 5.57 Å². The third-order valence-electron chi connectivity index (χ3n) is 0.701. The molecule has 0 aromatic heterocycles. The summed E-state index contributed by atoms with van der Waals surface area (Å²) in [5.41, 5.74) is 2.08. The molecule has 0 aromatic rings. The Morgan fingerprint density at radius 3 is 2.00 bits per heavy atom. The zero-order valence-corrected chi connectivity index (χ0v) is 5.60. The van der Waals surface area contributed by atoms with Gasteiger partial charge in [0.15, 0.2) is 0 Å². The summed E-state index contributed by atoms with van der Waals surface area (Å²) in [5, 5.41) is 3.47. The summed E-state index contributed by atoms with van der Waals surface area (Å²) in [6, 6.07) is 0. The fourth-order valence-corrected chi connectivity index (χ4v) is 0.455. The predicted octanol–water partition coefficient (Wildman–Crippen LogP) is 1.29. The second-order valence-corrected chi connectivity index (χ2v) is 1.99. The van der Waals surface area contributed by atoms with Crippen molar-refractivity contribution in [1.29, 1.82) is 0 Å². The van der Waals surface area contributed by atoms with E-state index < -0.39 is 0 Å². The topological polar surface area (TPSA) is 38.4 Å². The molecular weight excluding hydrogens is 100 g/mol. The Labute approximate surface area is 50.1 Å². The van der Waals surface area contributed by atoms with Crippen molar-refractivity contribution in [2.75, 3.05) is 0 Å². The van der Waals surface area contributed by atoms with Gasteiger partial charge in [0.05, 0.1) is 5.71 Å². The average Bonchev–Trinajstić information content (AvgIpc) is 1.65. The van der Waals surface area contributed by atoms with Crippen LogP contribution in [0.5, 0.6) is 0 Å². The molecule has 0 bridgehead atoms. The Morgan fingerprint density at radius 1 is 1.38 bits per heavy atom. The highest BCUT2D eigenvalue weighted by atomic mass is 15.1.